The van der Waals surface area contributed by atoms with Crippen molar-refractivity contribution in [2.45, 2.75) is 17.9 Å². The molecule has 2 N–H and O–H groups in total. The first-order valence-electron chi connectivity index (χ1n) is 8.18. The second-order valence-corrected chi connectivity index (χ2v) is 6.28. The average Bonchev–Trinajstić information content (AvgIpc) is 2.63. The summed E-state index contributed by atoms with van der Waals surface area (Å²) in [6.45, 7) is 0.687. The van der Waals surface area contributed by atoms with Gasteiger partial charge in [-0.3, -0.25) is 4.79 Å². The van der Waals surface area contributed by atoms with Crippen LogP contribution in [0.2, 0.25) is 0 Å². The zero-order valence-corrected chi connectivity index (χ0v) is 14.6. The first-order chi connectivity index (χ1) is 11.5. The van der Waals surface area contributed by atoms with Crippen LogP contribution in [0.1, 0.15) is 23.7 Å². The van der Waals surface area contributed by atoms with Crippen LogP contribution in [0.3, 0.4) is 0 Å². The molecule has 0 aromatic heterocycles. The molecule has 0 aliphatic heterocycles. The van der Waals surface area contributed by atoms with E-state index in [0.717, 1.165) is 11.1 Å². The number of nitrogens with zero attached hydrogens (tertiary/aromatic N) is 1. The Labute approximate surface area is 144 Å². The highest BCUT2D eigenvalue weighted by molar-refractivity contribution is 5.89. The van der Waals surface area contributed by atoms with Crippen LogP contribution >= 0.6 is 0 Å². The maximum Gasteiger partial charge on any atom is 0.233 e. The number of hydrogen-bond donors (Lipinski definition) is 2. The van der Waals surface area contributed by atoms with Gasteiger partial charge in [0.05, 0.1) is 6.10 Å². The van der Waals surface area contributed by atoms with Gasteiger partial charge in [0.2, 0.25) is 5.91 Å². The van der Waals surface area contributed by atoms with Gasteiger partial charge in [-0.1, -0.05) is 60.7 Å². The molecule has 2 aromatic rings. The number of benzene rings is 2. The van der Waals surface area contributed by atoms with Crippen molar-refractivity contribution in [1.82, 2.24) is 10.2 Å². The molecule has 1 amide bonds. The molecular weight excluding hydrogens is 300 g/mol. The third-order valence-corrected chi connectivity index (χ3v) is 4.46. The average molecular weight is 326 g/mol. The number of nitrogens with one attached hydrogen (secondary N) is 1. The third-order valence-electron chi connectivity index (χ3n) is 4.46. The predicted molar refractivity (Wildman–Crippen MR) is 96.8 cm³/mol. The molecule has 0 aliphatic rings. The lowest BCUT2D eigenvalue weighted by atomic mass is 9.70. The van der Waals surface area contributed by atoms with Crippen molar-refractivity contribution in [3.05, 3.63) is 71.8 Å². The molecule has 0 bridgehead atoms. The van der Waals surface area contributed by atoms with Gasteiger partial charge in [-0.15, -0.1) is 0 Å². The number of carbonyl (C=O) groups is 1. The molecule has 2 aromatic carbocycles. The molecule has 2 unspecified atom stereocenters. The standard InChI is InChI=1S/C20H26N2O2/c1-21-19(24)20(14-15-22(2)3,17-12-8-5-9-13-17)18(23)16-10-6-4-7-11-16/h4-13,18,23H,14-15H2,1-3H3,(H,21,24). The number of amides is 1. The Morgan fingerprint density at radius 1 is 1.08 bits per heavy atom. The van der Waals surface area contributed by atoms with E-state index in [-0.39, 0.29) is 5.91 Å². The van der Waals surface area contributed by atoms with Crippen LogP contribution in [0.25, 0.3) is 0 Å². The molecule has 0 aliphatic carbocycles. The Morgan fingerprint density at radius 3 is 2.12 bits per heavy atom. The molecule has 0 heterocycles. The van der Waals surface area contributed by atoms with Crippen molar-refractivity contribution in [2.75, 3.05) is 27.7 Å². The summed E-state index contributed by atoms with van der Waals surface area (Å²) in [4.78, 5) is 15.0. The predicted octanol–water partition coefficient (Wildman–Crippen LogP) is 2.36. The largest absolute Gasteiger partial charge is 0.387 e. The van der Waals surface area contributed by atoms with E-state index in [1.54, 1.807) is 7.05 Å². The summed E-state index contributed by atoms with van der Waals surface area (Å²) in [6, 6.07) is 18.9. The molecule has 4 nitrogen and oxygen atoms in total. The number of carbonyl (C=O) groups excluding carboxylic acids is 1. The van der Waals surface area contributed by atoms with Gasteiger partial charge in [0.1, 0.15) is 5.41 Å². The fraction of sp³-hybridized carbons (Fsp3) is 0.350. The molecule has 0 saturated heterocycles. The van der Waals surface area contributed by atoms with Gasteiger partial charge in [-0.2, -0.15) is 0 Å². The highest BCUT2D eigenvalue weighted by Gasteiger charge is 2.46. The molecule has 2 atom stereocenters. The summed E-state index contributed by atoms with van der Waals surface area (Å²) in [6.07, 6.45) is -0.416. The van der Waals surface area contributed by atoms with E-state index in [2.05, 4.69) is 5.32 Å². The van der Waals surface area contributed by atoms with Crippen LogP contribution < -0.4 is 5.32 Å². The summed E-state index contributed by atoms with van der Waals surface area (Å²) in [5.74, 6) is -0.174. The Balaban J connectivity index is 2.58. The smallest absolute Gasteiger partial charge is 0.233 e. The lowest BCUT2D eigenvalue weighted by Crippen LogP contribution is -2.49. The van der Waals surface area contributed by atoms with Crippen LogP contribution in [-0.2, 0) is 10.2 Å². The highest BCUT2D eigenvalue weighted by Crippen LogP contribution is 2.41. The van der Waals surface area contributed by atoms with Crippen molar-refractivity contribution in [3.8, 4) is 0 Å². The van der Waals surface area contributed by atoms with E-state index in [1.165, 1.54) is 0 Å². The van der Waals surface area contributed by atoms with Crippen LogP contribution in [0.15, 0.2) is 60.7 Å². The van der Waals surface area contributed by atoms with Gasteiger partial charge >= 0.3 is 0 Å². The third kappa shape index (κ3) is 3.66. The molecule has 0 fully saturated rings. The van der Waals surface area contributed by atoms with Crippen LogP contribution in [-0.4, -0.2) is 43.6 Å². The molecule has 0 saturated carbocycles. The number of aliphatic hydroxyl groups excluding tert-OH is 1. The summed E-state index contributed by atoms with van der Waals surface area (Å²) in [5.41, 5.74) is 0.521. The molecule has 2 rings (SSSR count). The van der Waals surface area contributed by atoms with Gasteiger partial charge in [-0.05, 0) is 38.2 Å². The van der Waals surface area contributed by atoms with Crippen LogP contribution in [0, 0.1) is 0 Å². The van der Waals surface area contributed by atoms with E-state index in [0.29, 0.717) is 13.0 Å². The summed E-state index contributed by atoms with van der Waals surface area (Å²) >= 11 is 0. The first kappa shape index (κ1) is 18.2. The SMILES string of the molecule is CNC(=O)C(CCN(C)C)(c1ccccc1)C(O)c1ccccc1. The zero-order valence-electron chi connectivity index (χ0n) is 14.6. The lowest BCUT2D eigenvalue weighted by Gasteiger charge is -2.38. The zero-order chi connectivity index (χ0) is 17.6. The van der Waals surface area contributed by atoms with Crippen molar-refractivity contribution in [2.24, 2.45) is 0 Å². The quantitative estimate of drug-likeness (QED) is 0.821. The molecule has 24 heavy (non-hydrogen) atoms. The molecule has 0 spiro atoms. The summed E-state index contributed by atoms with van der Waals surface area (Å²) in [5, 5.41) is 14.0. The molecule has 0 radical (unpaired) electrons. The van der Waals surface area contributed by atoms with Crippen molar-refractivity contribution in [3.63, 3.8) is 0 Å². The van der Waals surface area contributed by atoms with Gasteiger partial charge in [-0.25, -0.2) is 0 Å². The summed E-state index contributed by atoms with van der Waals surface area (Å²) < 4.78 is 0. The van der Waals surface area contributed by atoms with Gasteiger partial charge < -0.3 is 15.3 Å². The van der Waals surface area contributed by atoms with Gasteiger partial charge in [0.25, 0.3) is 0 Å². The normalized spacial score (nSPS) is 14.9. The Kier molecular flexibility index (Phi) is 6.12. The maximum atomic E-state index is 13.0. The molecule has 128 valence electrons. The number of likely N-dealkylation sites (N-methyl/N-ethyl adjacent to an activating group) is 1. The summed E-state index contributed by atoms with van der Waals surface area (Å²) in [7, 11) is 5.55. The molecular formula is C20H26N2O2. The van der Waals surface area contributed by atoms with E-state index in [9.17, 15) is 9.90 Å². The Hall–Kier alpha value is -2.17. The lowest BCUT2D eigenvalue weighted by molar-refractivity contribution is -0.131. The van der Waals surface area contributed by atoms with E-state index in [1.807, 2.05) is 79.7 Å². The second-order valence-electron chi connectivity index (χ2n) is 6.28. The van der Waals surface area contributed by atoms with Crippen LogP contribution in [0.5, 0.6) is 0 Å². The van der Waals surface area contributed by atoms with E-state index >= 15 is 0 Å². The van der Waals surface area contributed by atoms with E-state index < -0.39 is 11.5 Å². The highest BCUT2D eigenvalue weighted by atomic mass is 16.3. The minimum Gasteiger partial charge on any atom is -0.387 e. The number of rotatable bonds is 7. The van der Waals surface area contributed by atoms with Gasteiger partial charge in [0.15, 0.2) is 0 Å². The molecule has 4 heteroatoms. The first-order valence-corrected chi connectivity index (χ1v) is 8.18. The van der Waals surface area contributed by atoms with Crippen molar-refractivity contribution >= 4 is 5.91 Å². The minimum atomic E-state index is -1.04. The number of aliphatic hydroxyl groups is 1. The maximum absolute atomic E-state index is 13.0. The minimum absolute atomic E-state index is 0.174. The fourth-order valence-corrected chi connectivity index (χ4v) is 3.09. The van der Waals surface area contributed by atoms with E-state index in [4.69, 9.17) is 0 Å². The Morgan fingerprint density at radius 2 is 1.62 bits per heavy atom. The monoisotopic (exact) mass is 326 g/mol. The second kappa shape index (κ2) is 8.08. The topological polar surface area (TPSA) is 52.6 Å². The Bertz CT molecular complexity index is 643. The van der Waals surface area contributed by atoms with Gasteiger partial charge in [0, 0.05) is 7.05 Å². The number of hydrogen-bond acceptors (Lipinski definition) is 3. The van der Waals surface area contributed by atoms with Crippen molar-refractivity contribution in [1.29, 1.82) is 0 Å². The fourth-order valence-electron chi connectivity index (χ4n) is 3.09. The van der Waals surface area contributed by atoms with Crippen molar-refractivity contribution < 1.29 is 9.90 Å². The van der Waals surface area contributed by atoms with Crippen LogP contribution in [0.4, 0.5) is 0 Å².